The first-order valence-electron chi connectivity index (χ1n) is 7.51. The highest BCUT2D eigenvalue weighted by Crippen LogP contribution is 2.10. The Hall–Kier alpha value is -2.41. The average Bonchev–Trinajstić information content (AvgIpc) is 2.84. The van der Waals surface area contributed by atoms with Crippen LogP contribution in [0.5, 0.6) is 0 Å². The molecule has 0 aliphatic rings. The van der Waals surface area contributed by atoms with E-state index in [9.17, 15) is 4.79 Å². The van der Waals surface area contributed by atoms with E-state index in [2.05, 4.69) is 20.7 Å². The van der Waals surface area contributed by atoms with Gasteiger partial charge in [-0.3, -0.25) is 0 Å². The lowest BCUT2D eigenvalue weighted by molar-refractivity contribution is 0.171. The van der Waals surface area contributed by atoms with Gasteiger partial charge in [-0.1, -0.05) is 6.07 Å². The molecule has 0 spiro atoms. The summed E-state index contributed by atoms with van der Waals surface area (Å²) in [7, 11) is 1.60. The van der Waals surface area contributed by atoms with Gasteiger partial charge < -0.3 is 15.4 Å². The summed E-state index contributed by atoms with van der Waals surface area (Å²) < 4.78 is 6.77. The molecule has 0 saturated heterocycles. The zero-order chi connectivity index (χ0) is 16.8. The molecule has 0 aliphatic carbocycles. The van der Waals surface area contributed by atoms with E-state index in [1.165, 1.54) is 0 Å². The SMILES string of the molecule is COC[C@H](C)NC(=O)NCc1ccc(-n2nc(C)cc2C)nc1. The summed E-state index contributed by atoms with van der Waals surface area (Å²) in [5.74, 6) is 0.762. The van der Waals surface area contributed by atoms with Crippen molar-refractivity contribution in [3.05, 3.63) is 41.3 Å². The van der Waals surface area contributed by atoms with E-state index in [4.69, 9.17) is 4.74 Å². The first-order valence-corrected chi connectivity index (χ1v) is 7.51. The Kier molecular flexibility index (Phi) is 5.70. The summed E-state index contributed by atoms with van der Waals surface area (Å²) in [5, 5.41) is 9.98. The molecule has 2 heterocycles. The van der Waals surface area contributed by atoms with E-state index in [0.29, 0.717) is 13.2 Å². The molecule has 1 atom stereocenters. The fourth-order valence-corrected chi connectivity index (χ4v) is 2.26. The van der Waals surface area contributed by atoms with Crippen molar-refractivity contribution < 1.29 is 9.53 Å². The van der Waals surface area contributed by atoms with Gasteiger partial charge in [0.2, 0.25) is 0 Å². The van der Waals surface area contributed by atoms with Crippen LogP contribution in [0.2, 0.25) is 0 Å². The quantitative estimate of drug-likeness (QED) is 0.850. The van der Waals surface area contributed by atoms with Crippen LogP contribution in [0.4, 0.5) is 4.79 Å². The second-order valence-corrected chi connectivity index (χ2v) is 5.55. The molecule has 2 amide bonds. The highest BCUT2D eigenvalue weighted by atomic mass is 16.5. The molecule has 23 heavy (non-hydrogen) atoms. The van der Waals surface area contributed by atoms with Gasteiger partial charge in [0, 0.05) is 25.5 Å². The van der Waals surface area contributed by atoms with E-state index in [1.54, 1.807) is 18.0 Å². The Morgan fingerprint density at radius 3 is 2.74 bits per heavy atom. The van der Waals surface area contributed by atoms with Crippen molar-refractivity contribution in [3.8, 4) is 5.82 Å². The number of ether oxygens (including phenoxy) is 1. The standard InChI is InChI=1S/C16H23N5O2/c1-11-7-13(3)21(20-11)15-6-5-14(8-17-15)9-18-16(22)19-12(2)10-23-4/h5-8,12H,9-10H2,1-4H3,(H2,18,19,22)/t12-/m0/s1. The zero-order valence-corrected chi connectivity index (χ0v) is 14.0. The minimum Gasteiger partial charge on any atom is -0.383 e. The van der Waals surface area contributed by atoms with E-state index in [1.807, 2.05) is 39.0 Å². The number of urea groups is 1. The van der Waals surface area contributed by atoms with Crippen LogP contribution in [0.25, 0.3) is 5.82 Å². The molecule has 7 heteroatoms. The topological polar surface area (TPSA) is 81.1 Å². The monoisotopic (exact) mass is 317 g/mol. The number of aromatic nitrogens is 3. The minimum atomic E-state index is -0.225. The molecule has 124 valence electrons. The van der Waals surface area contributed by atoms with Gasteiger partial charge in [0.05, 0.1) is 18.3 Å². The second-order valence-electron chi connectivity index (χ2n) is 5.55. The van der Waals surface area contributed by atoms with E-state index in [-0.39, 0.29) is 12.1 Å². The van der Waals surface area contributed by atoms with Gasteiger partial charge in [0.15, 0.2) is 5.82 Å². The molecule has 2 N–H and O–H groups in total. The van der Waals surface area contributed by atoms with Gasteiger partial charge in [-0.25, -0.2) is 14.5 Å². The largest absolute Gasteiger partial charge is 0.383 e. The lowest BCUT2D eigenvalue weighted by Crippen LogP contribution is -2.42. The molecule has 0 bridgehead atoms. The van der Waals surface area contributed by atoms with Gasteiger partial charge in [-0.05, 0) is 38.5 Å². The molecule has 0 fully saturated rings. The third kappa shape index (κ3) is 4.79. The minimum absolute atomic E-state index is 0.0356. The molecule has 0 aliphatic heterocycles. The zero-order valence-electron chi connectivity index (χ0n) is 14.0. The number of carbonyl (C=O) groups is 1. The van der Waals surface area contributed by atoms with Crippen molar-refractivity contribution in [2.24, 2.45) is 0 Å². The Balaban J connectivity index is 1.90. The summed E-state index contributed by atoms with van der Waals surface area (Å²) in [4.78, 5) is 16.1. The fraction of sp³-hybridized carbons (Fsp3) is 0.438. The van der Waals surface area contributed by atoms with Gasteiger partial charge in [0.1, 0.15) is 0 Å². The van der Waals surface area contributed by atoms with Crippen LogP contribution in [-0.4, -0.2) is 40.6 Å². The maximum absolute atomic E-state index is 11.7. The number of hydrogen-bond acceptors (Lipinski definition) is 4. The number of rotatable bonds is 6. The van der Waals surface area contributed by atoms with Crippen molar-refractivity contribution in [2.45, 2.75) is 33.4 Å². The van der Waals surface area contributed by atoms with Crippen LogP contribution in [0.1, 0.15) is 23.9 Å². The maximum atomic E-state index is 11.7. The van der Waals surface area contributed by atoms with Crippen molar-refractivity contribution in [1.29, 1.82) is 0 Å². The van der Waals surface area contributed by atoms with Crippen LogP contribution in [0, 0.1) is 13.8 Å². The molecule has 0 aromatic carbocycles. The lowest BCUT2D eigenvalue weighted by atomic mass is 10.3. The first-order chi connectivity index (χ1) is 11.0. The number of pyridine rings is 1. The number of amides is 2. The molecule has 0 radical (unpaired) electrons. The van der Waals surface area contributed by atoms with Gasteiger partial charge in [-0.15, -0.1) is 0 Å². The fourth-order valence-electron chi connectivity index (χ4n) is 2.26. The number of carbonyl (C=O) groups excluding carboxylic acids is 1. The summed E-state index contributed by atoms with van der Waals surface area (Å²) in [5.41, 5.74) is 2.91. The van der Waals surface area contributed by atoms with Gasteiger partial charge in [0.25, 0.3) is 0 Å². The summed E-state index contributed by atoms with van der Waals surface area (Å²) in [6.45, 7) is 6.71. The highest BCUT2D eigenvalue weighted by Gasteiger charge is 2.07. The van der Waals surface area contributed by atoms with Crippen LogP contribution >= 0.6 is 0 Å². The van der Waals surface area contributed by atoms with Crippen LogP contribution in [0.15, 0.2) is 24.4 Å². The van der Waals surface area contributed by atoms with Crippen molar-refractivity contribution in [3.63, 3.8) is 0 Å². The number of nitrogens with one attached hydrogen (secondary N) is 2. The lowest BCUT2D eigenvalue weighted by Gasteiger charge is -2.13. The second kappa shape index (κ2) is 7.73. The summed E-state index contributed by atoms with van der Waals surface area (Å²) in [6, 6.07) is 5.56. The predicted octanol–water partition coefficient (Wildman–Crippen LogP) is 1.72. The number of hydrogen-bond donors (Lipinski definition) is 2. The van der Waals surface area contributed by atoms with Crippen molar-refractivity contribution >= 4 is 6.03 Å². The third-order valence-corrected chi connectivity index (χ3v) is 3.28. The average molecular weight is 317 g/mol. The summed E-state index contributed by atoms with van der Waals surface area (Å²) in [6.07, 6.45) is 1.74. The molecule has 0 saturated carbocycles. The number of nitrogens with zero attached hydrogens (tertiary/aromatic N) is 3. The molecular weight excluding hydrogens is 294 g/mol. The van der Waals surface area contributed by atoms with Crippen LogP contribution in [0.3, 0.4) is 0 Å². The van der Waals surface area contributed by atoms with E-state index in [0.717, 1.165) is 22.8 Å². The third-order valence-electron chi connectivity index (χ3n) is 3.28. The molecular formula is C16H23N5O2. The Morgan fingerprint density at radius 2 is 2.17 bits per heavy atom. The Labute approximate surface area is 136 Å². The predicted molar refractivity (Wildman–Crippen MR) is 87.5 cm³/mol. The normalized spacial score (nSPS) is 12.0. The highest BCUT2D eigenvalue weighted by molar-refractivity contribution is 5.74. The molecule has 2 rings (SSSR count). The van der Waals surface area contributed by atoms with E-state index >= 15 is 0 Å². The van der Waals surface area contributed by atoms with Crippen molar-refractivity contribution in [2.75, 3.05) is 13.7 Å². The molecule has 2 aromatic heterocycles. The van der Waals surface area contributed by atoms with Crippen LogP contribution < -0.4 is 10.6 Å². The molecule has 7 nitrogen and oxygen atoms in total. The van der Waals surface area contributed by atoms with Gasteiger partial charge in [-0.2, -0.15) is 5.10 Å². The molecule has 2 aromatic rings. The molecule has 0 unspecified atom stereocenters. The number of aryl methyl sites for hydroxylation is 2. The first kappa shape index (κ1) is 17.0. The van der Waals surface area contributed by atoms with Gasteiger partial charge >= 0.3 is 6.03 Å². The Morgan fingerprint density at radius 1 is 1.39 bits per heavy atom. The smallest absolute Gasteiger partial charge is 0.315 e. The van der Waals surface area contributed by atoms with Crippen LogP contribution in [-0.2, 0) is 11.3 Å². The number of methoxy groups -OCH3 is 1. The van der Waals surface area contributed by atoms with E-state index < -0.39 is 0 Å². The van der Waals surface area contributed by atoms with Crippen molar-refractivity contribution in [1.82, 2.24) is 25.4 Å². The maximum Gasteiger partial charge on any atom is 0.315 e. The Bertz CT molecular complexity index is 651. The summed E-state index contributed by atoms with van der Waals surface area (Å²) >= 11 is 0.